The summed E-state index contributed by atoms with van der Waals surface area (Å²) in [5, 5.41) is 10.7. The molecule has 140 valence electrons. The van der Waals surface area contributed by atoms with Crippen LogP contribution in [0.3, 0.4) is 0 Å². The molecule has 0 bridgehead atoms. The summed E-state index contributed by atoms with van der Waals surface area (Å²) in [6.07, 6.45) is 4.81. The van der Waals surface area contributed by atoms with E-state index in [1.807, 2.05) is 38.5 Å². The molecular weight excluding hydrogens is 328 g/mol. The fourth-order valence-electron chi connectivity index (χ4n) is 3.40. The van der Waals surface area contributed by atoms with Crippen molar-refractivity contribution in [2.75, 3.05) is 19.7 Å². The summed E-state index contributed by atoms with van der Waals surface area (Å²) >= 11 is 0. The molecule has 6 nitrogen and oxygen atoms in total. The molecule has 2 N–H and O–H groups in total. The summed E-state index contributed by atoms with van der Waals surface area (Å²) < 4.78 is 7.63. The predicted molar refractivity (Wildman–Crippen MR) is 101 cm³/mol. The van der Waals surface area contributed by atoms with Gasteiger partial charge in [-0.15, -0.1) is 0 Å². The van der Waals surface area contributed by atoms with Crippen molar-refractivity contribution in [2.45, 2.75) is 32.7 Å². The van der Waals surface area contributed by atoms with Crippen LogP contribution in [0, 0.1) is 12.8 Å². The van der Waals surface area contributed by atoms with E-state index in [0.29, 0.717) is 19.7 Å². The van der Waals surface area contributed by atoms with E-state index in [1.54, 1.807) is 4.68 Å². The fraction of sp³-hybridized carbons (Fsp3) is 0.500. The third kappa shape index (κ3) is 4.25. The average molecular weight is 356 g/mol. The van der Waals surface area contributed by atoms with Gasteiger partial charge in [0.2, 0.25) is 5.91 Å². The number of aryl methyl sites for hydroxylation is 2. The van der Waals surface area contributed by atoms with Crippen LogP contribution >= 0.6 is 0 Å². The molecule has 1 aliphatic heterocycles. The molecular formula is C20H28N4O2. The minimum Gasteiger partial charge on any atom is -0.493 e. The Bertz CT molecular complexity index is 756. The first kappa shape index (κ1) is 18.5. The van der Waals surface area contributed by atoms with Gasteiger partial charge in [-0.05, 0) is 30.5 Å². The van der Waals surface area contributed by atoms with Crippen molar-refractivity contribution in [3.05, 3.63) is 47.3 Å². The number of ether oxygens (including phenoxy) is 1. The smallest absolute Gasteiger partial charge is 0.225 e. The van der Waals surface area contributed by atoms with Gasteiger partial charge in [-0.1, -0.05) is 19.1 Å². The van der Waals surface area contributed by atoms with Gasteiger partial charge in [-0.25, -0.2) is 0 Å². The van der Waals surface area contributed by atoms with Crippen LogP contribution in [-0.2, 0) is 18.4 Å². The van der Waals surface area contributed by atoms with Crippen molar-refractivity contribution in [1.82, 2.24) is 20.4 Å². The van der Waals surface area contributed by atoms with Crippen LogP contribution in [0.2, 0.25) is 0 Å². The minimum atomic E-state index is -0.0790. The van der Waals surface area contributed by atoms with Crippen molar-refractivity contribution in [3.8, 4) is 5.75 Å². The molecule has 0 aliphatic carbocycles. The summed E-state index contributed by atoms with van der Waals surface area (Å²) in [7, 11) is 1.90. The lowest BCUT2D eigenvalue weighted by Crippen LogP contribution is -2.34. The van der Waals surface area contributed by atoms with Gasteiger partial charge in [0.25, 0.3) is 0 Å². The highest BCUT2D eigenvalue weighted by atomic mass is 16.5. The van der Waals surface area contributed by atoms with E-state index in [2.05, 4.69) is 28.7 Å². The summed E-state index contributed by atoms with van der Waals surface area (Å²) in [6.45, 7) is 6.79. The molecule has 6 heteroatoms. The Balaban J connectivity index is 1.65. The Morgan fingerprint density at radius 2 is 2.27 bits per heavy atom. The standard InChI is InChI=1S/C20H28N4O2/c1-4-7-26-19-8-14(2)5-6-15(19)9-22-20(25)18-12-21-11-17(18)16-10-23-24(3)13-16/h5-6,8,10,13,17-18,21H,4,7,9,11-12H2,1-3H3,(H,22,25)/t17-,18+/m1/s1. The number of benzene rings is 1. The lowest BCUT2D eigenvalue weighted by atomic mass is 9.90. The summed E-state index contributed by atoms with van der Waals surface area (Å²) in [4.78, 5) is 12.8. The van der Waals surface area contributed by atoms with Crippen LogP contribution < -0.4 is 15.4 Å². The van der Waals surface area contributed by atoms with Gasteiger partial charge in [-0.3, -0.25) is 9.48 Å². The number of hydrogen-bond donors (Lipinski definition) is 2. The Morgan fingerprint density at radius 1 is 1.42 bits per heavy atom. The second-order valence-corrected chi connectivity index (χ2v) is 7.00. The lowest BCUT2D eigenvalue weighted by molar-refractivity contribution is -0.125. The maximum absolute atomic E-state index is 12.8. The van der Waals surface area contributed by atoms with Crippen molar-refractivity contribution >= 4 is 5.91 Å². The molecule has 0 radical (unpaired) electrons. The first-order valence-corrected chi connectivity index (χ1v) is 9.27. The summed E-state index contributed by atoms with van der Waals surface area (Å²) in [5.74, 6) is 1.02. The maximum atomic E-state index is 12.8. The quantitative estimate of drug-likeness (QED) is 0.798. The van der Waals surface area contributed by atoms with Gasteiger partial charge in [0.15, 0.2) is 0 Å². The lowest BCUT2D eigenvalue weighted by Gasteiger charge is -2.18. The zero-order valence-corrected chi connectivity index (χ0v) is 15.8. The van der Waals surface area contributed by atoms with E-state index in [9.17, 15) is 4.79 Å². The Hall–Kier alpha value is -2.34. The number of nitrogens with zero attached hydrogens (tertiary/aromatic N) is 2. The van der Waals surface area contributed by atoms with Gasteiger partial charge < -0.3 is 15.4 Å². The number of hydrogen-bond acceptors (Lipinski definition) is 4. The highest BCUT2D eigenvalue weighted by Crippen LogP contribution is 2.28. The van der Waals surface area contributed by atoms with Gasteiger partial charge in [0.1, 0.15) is 5.75 Å². The van der Waals surface area contributed by atoms with Crippen LogP contribution in [0.25, 0.3) is 0 Å². The zero-order valence-electron chi connectivity index (χ0n) is 15.8. The summed E-state index contributed by atoms with van der Waals surface area (Å²) in [5.41, 5.74) is 3.28. The van der Waals surface area contributed by atoms with E-state index in [1.165, 1.54) is 0 Å². The largest absolute Gasteiger partial charge is 0.493 e. The second kappa shape index (κ2) is 8.36. The van der Waals surface area contributed by atoms with Crippen molar-refractivity contribution in [3.63, 3.8) is 0 Å². The average Bonchev–Trinajstić information content (AvgIpc) is 3.27. The zero-order chi connectivity index (χ0) is 18.5. The number of nitrogens with one attached hydrogen (secondary N) is 2. The van der Waals surface area contributed by atoms with E-state index < -0.39 is 0 Å². The van der Waals surface area contributed by atoms with Gasteiger partial charge in [-0.2, -0.15) is 5.10 Å². The molecule has 1 fully saturated rings. The van der Waals surface area contributed by atoms with Gasteiger partial charge >= 0.3 is 0 Å². The Morgan fingerprint density at radius 3 is 3.00 bits per heavy atom. The fourth-order valence-corrected chi connectivity index (χ4v) is 3.40. The first-order chi connectivity index (χ1) is 12.6. The molecule has 3 rings (SSSR count). The highest BCUT2D eigenvalue weighted by Gasteiger charge is 2.34. The molecule has 1 amide bonds. The SMILES string of the molecule is CCCOc1cc(C)ccc1CNC(=O)[C@H]1CNC[C@@H]1c1cnn(C)c1. The second-order valence-electron chi connectivity index (χ2n) is 7.00. The number of amides is 1. The molecule has 2 aromatic rings. The third-order valence-electron chi connectivity index (χ3n) is 4.84. The number of aromatic nitrogens is 2. The Kier molecular flexibility index (Phi) is 5.93. The number of carbonyl (C=O) groups excluding carboxylic acids is 1. The molecule has 2 atom stereocenters. The van der Waals surface area contributed by atoms with Crippen LogP contribution in [0.5, 0.6) is 5.75 Å². The van der Waals surface area contributed by atoms with Crippen molar-refractivity contribution < 1.29 is 9.53 Å². The molecule has 1 aromatic heterocycles. The van der Waals surface area contributed by atoms with Crippen LogP contribution in [-0.4, -0.2) is 35.4 Å². The summed E-state index contributed by atoms with van der Waals surface area (Å²) in [6, 6.07) is 6.12. The first-order valence-electron chi connectivity index (χ1n) is 9.27. The molecule has 1 aliphatic rings. The van der Waals surface area contributed by atoms with E-state index in [-0.39, 0.29) is 17.7 Å². The topological polar surface area (TPSA) is 68.2 Å². The van der Waals surface area contributed by atoms with Crippen LogP contribution in [0.1, 0.15) is 36.0 Å². The molecule has 1 saturated heterocycles. The van der Waals surface area contributed by atoms with Crippen LogP contribution in [0.4, 0.5) is 0 Å². The molecule has 26 heavy (non-hydrogen) atoms. The van der Waals surface area contributed by atoms with Crippen molar-refractivity contribution in [1.29, 1.82) is 0 Å². The van der Waals surface area contributed by atoms with E-state index in [4.69, 9.17) is 4.74 Å². The number of carbonyl (C=O) groups is 1. The number of rotatable bonds is 7. The van der Waals surface area contributed by atoms with Gasteiger partial charge in [0.05, 0.1) is 18.7 Å². The molecule has 1 aromatic carbocycles. The van der Waals surface area contributed by atoms with Crippen molar-refractivity contribution in [2.24, 2.45) is 13.0 Å². The van der Waals surface area contributed by atoms with E-state index >= 15 is 0 Å². The van der Waals surface area contributed by atoms with Crippen LogP contribution in [0.15, 0.2) is 30.6 Å². The molecule has 2 heterocycles. The molecule has 0 unspecified atom stereocenters. The minimum absolute atomic E-state index is 0.0749. The maximum Gasteiger partial charge on any atom is 0.225 e. The molecule has 0 saturated carbocycles. The molecule has 0 spiro atoms. The third-order valence-corrected chi connectivity index (χ3v) is 4.84. The highest BCUT2D eigenvalue weighted by molar-refractivity contribution is 5.80. The monoisotopic (exact) mass is 356 g/mol. The Labute approximate surface area is 154 Å². The predicted octanol–water partition coefficient (Wildman–Crippen LogP) is 2.14. The van der Waals surface area contributed by atoms with Gasteiger partial charge in [0, 0.05) is 44.4 Å². The van der Waals surface area contributed by atoms with E-state index in [0.717, 1.165) is 35.4 Å². The normalized spacial score (nSPS) is 19.5.